The quantitative estimate of drug-likeness (QED) is 0.673. The Kier molecular flexibility index (Phi) is 6.49. The molecule has 0 fully saturated rings. The summed E-state index contributed by atoms with van der Waals surface area (Å²) in [6, 6.07) is 4.16. The molecule has 4 N–H and O–H groups in total. The van der Waals surface area contributed by atoms with Crippen LogP contribution in [0.2, 0.25) is 0 Å². The molecule has 2 atom stereocenters. The van der Waals surface area contributed by atoms with Crippen LogP contribution in [0.3, 0.4) is 0 Å². The van der Waals surface area contributed by atoms with E-state index in [2.05, 4.69) is 10.6 Å². The standard InChI is InChI=1S/C15H20FN3O3/c1-3-12(14(17)21)19-15(22)13(18-9(2)20)8-10-6-4-5-7-11(10)16/h4-7,12-13H,3,8H2,1-2H3,(H2,17,21)(H,18,20)(H,19,22)/t12-,13-/m0/s1. The second-order valence-corrected chi connectivity index (χ2v) is 4.92. The Morgan fingerprint density at radius 3 is 2.32 bits per heavy atom. The Morgan fingerprint density at radius 2 is 1.82 bits per heavy atom. The molecule has 0 heterocycles. The maximum Gasteiger partial charge on any atom is 0.243 e. The predicted molar refractivity (Wildman–Crippen MR) is 79.1 cm³/mol. The van der Waals surface area contributed by atoms with Gasteiger partial charge in [0.05, 0.1) is 0 Å². The van der Waals surface area contributed by atoms with E-state index in [0.717, 1.165) is 0 Å². The molecule has 0 bridgehead atoms. The van der Waals surface area contributed by atoms with Gasteiger partial charge in [-0.2, -0.15) is 0 Å². The molecule has 0 aliphatic rings. The zero-order valence-electron chi connectivity index (χ0n) is 12.6. The van der Waals surface area contributed by atoms with Crippen molar-refractivity contribution in [2.24, 2.45) is 5.73 Å². The van der Waals surface area contributed by atoms with Gasteiger partial charge in [-0.05, 0) is 18.1 Å². The van der Waals surface area contributed by atoms with E-state index in [1.54, 1.807) is 13.0 Å². The van der Waals surface area contributed by atoms with E-state index in [9.17, 15) is 18.8 Å². The Bertz CT molecular complexity index is 563. The third-order valence-corrected chi connectivity index (χ3v) is 3.14. The van der Waals surface area contributed by atoms with Crippen LogP contribution >= 0.6 is 0 Å². The number of amides is 3. The molecular formula is C15H20FN3O3. The smallest absolute Gasteiger partial charge is 0.243 e. The lowest BCUT2D eigenvalue weighted by molar-refractivity contribution is -0.130. The first-order valence-corrected chi connectivity index (χ1v) is 6.95. The monoisotopic (exact) mass is 309 g/mol. The highest BCUT2D eigenvalue weighted by atomic mass is 19.1. The fraction of sp³-hybridized carbons (Fsp3) is 0.400. The lowest BCUT2D eigenvalue weighted by atomic mass is 10.0. The minimum atomic E-state index is -0.984. The van der Waals surface area contributed by atoms with Crippen molar-refractivity contribution in [1.29, 1.82) is 0 Å². The van der Waals surface area contributed by atoms with E-state index in [1.165, 1.54) is 25.1 Å². The topological polar surface area (TPSA) is 101 Å². The minimum absolute atomic E-state index is 0.0206. The fourth-order valence-corrected chi connectivity index (χ4v) is 1.99. The first kappa shape index (κ1) is 17.6. The summed E-state index contributed by atoms with van der Waals surface area (Å²) in [6.45, 7) is 2.95. The van der Waals surface area contributed by atoms with Crippen molar-refractivity contribution in [1.82, 2.24) is 10.6 Å². The summed E-state index contributed by atoms with van der Waals surface area (Å²) in [4.78, 5) is 34.6. The van der Waals surface area contributed by atoms with Gasteiger partial charge >= 0.3 is 0 Å². The number of hydrogen-bond donors (Lipinski definition) is 3. The minimum Gasteiger partial charge on any atom is -0.368 e. The molecule has 1 rings (SSSR count). The number of nitrogens with two attached hydrogens (primary N) is 1. The van der Waals surface area contributed by atoms with Crippen LogP contribution in [0, 0.1) is 5.82 Å². The summed E-state index contributed by atoms with van der Waals surface area (Å²) in [5.74, 6) is -2.14. The molecule has 0 radical (unpaired) electrons. The predicted octanol–water partition coefficient (Wildman–Crippen LogP) is 0.253. The van der Waals surface area contributed by atoms with Gasteiger partial charge in [-0.1, -0.05) is 25.1 Å². The van der Waals surface area contributed by atoms with Gasteiger partial charge in [0.25, 0.3) is 0 Å². The SMILES string of the molecule is CC[C@H](NC(=O)[C@H](Cc1ccccc1F)NC(C)=O)C(N)=O. The summed E-state index contributed by atoms with van der Waals surface area (Å²) in [5.41, 5.74) is 5.47. The van der Waals surface area contributed by atoms with Crippen molar-refractivity contribution in [3.8, 4) is 0 Å². The summed E-state index contributed by atoms with van der Waals surface area (Å²) in [6.07, 6.45) is 0.306. The number of primary amides is 1. The third kappa shape index (κ3) is 5.16. The number of rotatable bonds is 7. The van der Waals surface area contributed by atoms with Gasteiger partial charge in [0.2, 0.25) is 17.7 Å². The molecule has 1 aromatic rings. The molecule has 7 heteroatoms. The molecule has 0 aliphatic heterocycles. The lowest BCUT2D eigenvalue weighted by Gasteiger charge is -2.21. The first-order chi connectivity index (χ1) is 10.3. The average Bonchev–Trinajstić information content (AvgIpc) is 2.45. The van der Waals surface area contributed by atoms with Crippen LogP contribution in [-0.2, 0) is 20.8 Å². The van der Waals surface area contributed by atoms with Gasteiger partial charge in [-0.3, -0.25) is 14.4 Å². The van der Waals surface area contributed by atoms with Crippen LogP contribution in [0.1, 0.15) is 25.8 Å². The van der Waals surface area contributed by atoms with Gasteiger partial charge in [-0.15, -0.1) is 0 Å². The largest absolute Gasteiger partial charge is 0.368 e. The van der Waals surface area contributed by atoms with Crippen LogP contribution in [0.25, 0.3) is 0 Å². The molecule has 1 aromatic carbocycles. The zero-order valence-corrected chi connectivity index (χ0v) is 12.6. The molecule has 0 saturated carbocycles. The summed E-state index contributed by atoms with van der Waals surface area (Å²) in [7, 11) is 0. The number of benzene rings is 1. The molecule has 22 heavy (non-hydrogen) atoms. The molecule has 0 aliphatic carbocycles. The molecule has 0 unspecified atom stereocenters. The first-order valence-electron chi connectivity index (χ1n) is 6.95. The highest BCUT2D eigenvalue weighted by Crippen LogP contribution is 2.09. The van der Waals surface area contributed by atoms with E-state index in [4.69, 9.17) is 5.73 Å². The van der Waals surface area contributed by atoms with E-state index in [0.29, 0.717) is 12.0 Å². The summed E-state index contributed by atoms with van der Waals surface area (Å²) < 4.78 is 13.7. The van der Waals surface area contributed by atoms with Crippen molar-refractivity contribution in [3.63, 3.8) is 0 Å². The van der Waals surface area contributed by atoms with E-state index >= 15 is 0 Å². The normalized spacial score (nSPS) is 13.0. The Labute approximate surface area is 128 Å². The molecule has 3 amide bonds. The van der Waals surface area contributed by atoms with Crippen molar-refractivity contribution in [2.45, 2.75) is 38.8 Å². The molecule has 0 aromatic heterocycles. The average molecular weight is 309 g/mol. The van der Waals surface area contributed by atoms with Gasteiger partial charge < -0.3 is 16.4 Å². The molecule has 0 saturated heterocycles. The number of nitrogens with one attached hydrogen (secondary N) is 2. The molecule has 6 nitrogen and oxygen atoms in total. The van der Waals surface area contributed by atoms with E-state index in [1.807, 2.05) is 0 Å². The number of halogens is 1. The Balaban J connectivity index is 2.88. The van der Waals surface area contributed by atoms with Crippen molar-refractivity contribution in [2.75, 3.05) is 0 Å². The zero-order chi connectivity index (χ0) is 16.7. The highest BCUT2D eigenvalue weighted by molar-refractivity contribution is 5.91. The fourth-order valence-electron chi connectivity index (χ4n) is 1.99. The Morgan fingerprint density at radius 1 is 1.18 bits per heavy atom. The molecule has 0 spiro atoms. The van der Waals surface area contributed by atoms with Crippen LogP contribution in [0.15, 0.2) is 24.3 Å². The van der Waals surface area contributed by atoms with E-state index < -0.39 is 35.6 Å². The molecule has 120 valence electrons. The van der Waals surface area contributed by atoms with Crippen LogP contribution in [0.4, 0.5) is 4.39 Å². The second kappa shape index (κ2) is 8.11. The van der Waals surface area contributed by atoms with Gasteiger partial charge in [0.15, 0.2) is 0 Å². The summed E-state index contributed by atoms with van der Waals surface area (Å²) in [5, 5.41) is 4.91. The second-order valence-electron chi connectivity index (χ2n) is 4.92. The van der Waals surface area contributed by atoms with Crippen molar-refractivity contribution < 1.29 is 18.8 Å². The number of carbonyl (C=O) groups excluding carboxylic acids is 3. The van der Waals surface area contributed by atoms with Crippen LogP contribution in [0.5, 0.6) is 0 Å². The molecular weight excluding hydrogens is 289 g/mol. The maximum atomic E-state index is 13.7. The van der Waals surface area contributed by atoms with Gasteiger partial charge in [0, 0.05) is 13.3 Å². The van der Waals surface area contributed by atoms with Gasteiger partial charge in [0.1, 0.15) is 17.9 Å². The van der Waals surface area contributed by atoms with Crippen LogP contribution < -0.4 is 16.4 Å². The number of hydrogen-bond acceptors (Lipinski definition) is 3. The third-order valence-electron chi connectivity index (χ3n) is 3.14. The Hall–Kier alpha value is -2.44. The van der Waals surface area contributed by atoms with Crippen molar-refractivity contribution >= 4 is 17.7 Å². The lowest BCUT2D eigenvalue weighted by Crippen LogP contribution is -2.53. The summed E-state index contributed by atoms with van der Waals surface area (Å²) >= 11 is 0. The van der Waals surface area contributed by atoms with Crippen LogP contribution in [-0.4, -0.2) is 29.8 Å². The maximum absolute atomic E-state index is 13.7. The van der Waals surface area contributed by atoms with E-state index in [-0.39, 0.29) is 6.42 Å². The van der Waals surface area contributed by atoms with Gasteiger partial charge in [-0.25, -0.2) is 4.39 Å². The highest BCUT2D eigenvalue weighted by Gasteiger charge is 2.25. The number of carbonyl (C=O) groups is 3. The van der Waals surface area contributed by atoms with Crippen molar-refractivity contribution in [3.05, 3.63) is 35.6 Å².